The number of hydrogen-bond acceptors (Lipinski definition) is 0. The fourth-order valence-electron chi connectivity index (χ4n) is 0.322. The van der Waals surface area contributed by atoms with E-state index in [1.54, 1.807) is 6.08 Å². The van der Waals surface area contributed by atoms with E-state index in [2.05, 4.69) is 6.92 Å². The third-order valence-corrected chi connectivity index (χ3v) is 0.724. The Kier molecular flexibility index (Phi) is 60.8. The van der Waals surface area contributed by atoms with Crippen LogP contribution in [0.25, 0.3) is 0 Å². The smallest absolute Gasteiger partial charge is 0.518 e. The Morgan fingerprint density at radius 3 is 1.89 bits per heavy atom. The first kappa shape index (κ1) is 22.8. The van der Waals surface area contributed by atoms with Crippen LogP contribution in [0.15, 0.2) is 6.08 Å². The van der Waals surface area contributed by atoms with Crippen molar-refractivity contribution in [2.24, 2.45) is 0 Å². The zero-order valence-corrected chi connectivity index (χ0v) is 8.01. The van der Waals surface area contributed by atoms with Crippen LogP contribution in [0.4, 0.5) is 0 Å². The van der Waals surface area contributed by atoms with Crippen LogP contribution in [0.5, 0.6) is 0 Å². The topological polar surface area (TPSA) is 0 Å². The molecule has 0 aromatic heterocycles. The van der Waals surface area contributed by atoms with Crippen LogP contribution in [-0.2, 0) is 0 Å². The summed E-state index contributed by atoms with van der Waals surface area (Å²) in [6.45, 7) is 7.25. The van der Waals surface area contributed by atoms with Gasteiger partial charge in [-0.25, -0.2) is 0 Å². The zero-order chi connectivity index (χ0) is 4.83. The van der Waals surface area contributed by atoms with Gasteiger partial charge in [-0.1, -0.05) is 26.2 Å². The second-order valence-corrected chi connectivity index (χ2v) is 1.38. The Labute approximate surface area is 71.5 Å². The van der Waals surface area contributed by atoms with Crippen LogP contribution < -0.4 is 0 Å². The minimum Gasteiger partial charge on any atom is -0.518 e. The molecule has 1 heteroatoms. The summed E-state index contributed by atoms with van der Waals surface area (Å²) in [6, 6.07) is 0. The van der Waals surface area contributed by atoms with Crippen LogP contribution in [0.2, 0.25) is 0 Å². The maximum atomic E-state index is 5.09. The van der Waals surface area contributed by atoms with Crippen molar-refractivity contribution in [3.05, 3.63) is 27.5 Å². The molecule has 0 aliphatic heterocycles. The van der Waals surface area contributed by atoms with Gasteiger partial charge in [0.15, 0.2) is 0 Å². The molecule has 0 N–H and O–H groups in total. The van der Waals surface area contributed by atoms with Gasteiger partial charge in [-0.05, 0) is 0 Å². The van der Waals surface area contributed by atoms with E-state index >= 15 is 0 Å². The minimum absolute atomic E-state index is 0. The molecule has 52 valence electrons. The Morgan fingerprint density at radius 2 is 1.78 bits per heavy atom. The third-order valence-electron chi connectivity index (χ3n) is 0.724. The minimum atomic E-state index is 0. The van der Waals surface area contributed by atoms with Gasteiger partial charge in [-0.2, -0.15) is 0 Å². The fraction of sp³-hybridized carbons (Fsp3) is 0.500. The van der Waals surface area contributed by atoms with Gasteiger partial charge in [-0.3, -0.25) is 6.08 Å². The van der Waals surface area contributed by atoms with Crippen LogP contribution in [0.3, 0.4) is 0 Å². The van der Waals surface area contributed by atoms with E-state index in [4.69, 9.17) is 6.58 Å². The number of allylic oxidation sites excluding steroid dienone is 1. The van der Waals surface area contributed by atoms with Crippen LogP contribution in [-0.4, -0.2) is 17.4 Å². The molecule has 0 radical (unpaired) electrons. The van der Waals surface area contributed by atoms with Gasteiger partial charge in [0.1, 0.15) is 0 Å². The predicted molar refractivity (Wildman–Crippen MR) is 47.0 cm³/mol. The zero-order valence-electron chi connectivity index (χ0n) is 6.85. The van der Waals surface area contributed by atoms with Gasteiger partial charge in [0.25, 0.3) is 0 Å². The first-order valence-electron chi connectivity index (χ1n) is 2.45. The standard InChI is InChI=1S/C6H11.2CH3.Al/c1-3-5-6-4-2;;;/h1,3H,4-6H2,2H3;2*1H3;/q3*-1;+3. The summed E-state index contributed by atoms with van der Waals surface area (Å²) in [5.74, 6) is 0. The van der Waals surface area contributed by atoms with Crippen LogP contribution >= 0.6 is 0 Å². The SMILES string of the molecule is [Al+3].[CH-]=CCCCC.[CH3-].[CH3-]. The molecule has 0 saturated heterocycles. The largest absolute Gasteiger partial charge is 3.00 e. The monoisotopic (exact) mass is 140 g/mol. The van der Waals surface area contributed by atoms with Crippen molar-refractivity contribution in [1.29, 1.82) is 0 Å². The molecule has 0 aromatic rings. The van der Waals surface area contributed by atoms with E-state index in [1.165, 1.54) is 12.8 Å². The molecule has 0 aliphatic rings. The van der Waals surface area contributed by atoms with E-state index in [1.807, 2.05) is 0 Å². The summed E-state index contributed by atoms with van der Waals surface area (Å²) in [7, 11) is 0. The Hall–Kier alpha value is 0.272. The van der Waals surface area contributed by atoms with Crippen molar-refractivity contribution in [2.45, 2.75) is 26.2 Å². The van der Waals surface area contributed by atoms with Gasteiger partial charge in [0.2, 0.25) is 0 Å². The van der Waals surface area contributed by atoms with Crippen molar-refractivity contribution in [3.8, 4) is 0 Å². The summed E-state index contributed by atoms with van der Waals surface area (Å²) in [4.78, 5) is 0. The summed E-state index contributed by atoms with van der Waals surface area (Å²) < 4.78 is 0. The first-order chi connectivity index (χ1) is 2.91. The normalized spacial score (nSPS) is 5.44. The summed E-state index contributed by atoms with van der Waals surface area (Å²) in [5.41, 5.74) is 0. The maximum Gasteiger partial charge on any atom is 3.00 e. The van der Waals surface area contributed by atoms with Crippen molar-refractivity contribution >= 4 is 17.4 Å². The van der Waals surface area contributed by atoms with Gasteiger partial charge in [0, 0.05) is 0 Å². The fourth-order valence-corrected chi connectivity index (χ4v) is 0.322. The molecule has 0 heterocycles. The molecule has 0 rings (SSSR count). The van der Waals surface area contributed by atoms with Crippen molar-refractivity contribution < 1.29 is 0 Å². The molecule has 0 nitrogen and oxygen atoms in total. The summed E-state index contributed by atoms with van der Waals surface area (Å²) in [5, 5.41) is 0. The molecular weight excluding hydrogens is 123 g/mol. The van der Waals surface area contributed by atoms with E-state index in [9.17, 15) is 0 Å². The molecule has 0 bridgehead atoms. The molecule has 0 aromatic carbocycles. The first-order valence-corrected chi connectivity index (χ1v) is 2.45. The number of rotatable bonds is 3. The molecule has 0 amide bonds. The van der Waals surface area contributed by atoms with E-state index in [-0.39, 0.29) is 32.2 Å². The van der Waals surface area contributed by atoms with Crippen molar-refractivity contribution in [3.63, 3.8) is 0 Å². The van der Waals surface area contributed by atoms with Crippen LogP contribution in [0.1, 0.15) is 26.2 Å². The average molecular weight is 140 g/mol. The van der Waals surface area contributed by atoms with Gasteiger partial charge < -0.3 is 21.4 Å². The number of unbranched alkanes of at least 4 members (excludes halogenated alkanes) is 2. The second-order valence-electron chi connectivity index (χ2n) is 1.38. The van der Waals surface area contributed by atoms with E-state index in [0.717, 1.165) is 6.42 Å². The van der Waals surface area contributed by atoms with Gasteiger partial charge >= 0.3 is 17.4 Å². The molecule has 0 aliphatic carbocycles. The van der Waals surface area contributed by atoms with Gasteiger partial charge in [0.05, 0.1) is 0 Å². The second kappa shape index (κ2) is 24.0. The predicted octanol–water partition coefficient (Wildman–Crippen LogP) is 2.69. The summed E-state index contributed by atoms with van der Waals surface area (Å²) in [6.07, 6.45) is 5.25. The Bertz CT molecular complexity index is 33.5. The number of hydrogen-bond donors (Lipinski definition) is 0. The molecular formula is C8H17Al. The molecule has 0 unspecified atom stereocenters. The Morgan fingerprint density at radius 1 is 1.33 bits per heavy atom. The quantitative estimate of drug-likeness (QED) is 0.321. The molecule has 0 fully saturated rings. The van der Waals surface area contributed by atoms with E-state index < -0.39 is 0 Å². The van der Waals surface area contributed by atoms with Crippen molar-refractivity contribution in [2.75, 3.05) is 0 Å². The molecule has 0 saturated carbocycles. The Balaban J connectivity index is -0.0000000417. The summed E-state index contributed by atoms with van der Waals surface area (Å²) >= 11 is 0. The average Bonchev–Trinajstić information content (AvgIpc) is 1.61. The third kappa shape index (κ3) is 30.4. The molecule has 9 heavy (non-hydrogen) atoms. The maximum absolute atomic E-state index is 5.09. The molecule has 0 atom stereocenters. The van der Waals surface area contributed by atoms with Crippen LogP contribution in [0, 0.1) is 21.4 Å². The van der Waals surface area contributed by atoms with Crippen molar-refractivity contribution in [1.82, 2.24) is 0 Å². The van der Waals surface area contributed by atoms with Gasteiger partial charge in [-0.15, -0.1) is 0 Å². The van der Waals surface area contributed by atoms with E-state index in [0.29, 0.717) is 0 Å². The molecule has 0 spiro atoms.